The zero-order valence-corrected chi connectivity index (χ0v) is 15.1. The van der Waals surface area contributed by atoms with Crippen LogP contribution in [-0.2, 0) is 16.6 Å². The number of rotatable bonds is 7. The molecule has 0 unspecified atom stereocenters. The van der Waals surface area contributed by atoms with Gasteiger partial charge in [-0.1, -0.05) is 39.5 Å². The van der Waals surface area contributed by atoms with E-state index in [-0.39, 0.29) is 29.0 Å². The third-order valence-corrected chi connectivity index (χ3v) is 3.60. The van der Waals surface area contributed by atoms with Gasteiger partial charge in [-0.3, -0.25) is 10.2 Å². The number of aryl methyl sites for hydroxylation is 1. The van der Waals surface area contributed by atoms with Gasteiger partial charge < -0.3 is 10.2 Å². The molecule has 1 aromatic rings. The molecule has 0 heterocycles. The number of phenols is 1. The molecule has 6 heteroatoms. The van der Waals surface area contributed by atoms with Crippen LogP contribution in [0.2, 0.25) is 0 Å². The Morgan fingerprint density at radius 1 is 1.36 bits per heavy atom. The van der Waals surface area contributed by atoms with Gasteiger partial charge in [0.25, 0.3) is 0 Å². The van der Waals surface area contributed by atoms with Crippen molar-refractivity contribution >= 4 is 17.4 Å². The molecule has 6 nitrogen and oxygen atoms in total. The van der Waals surface area contributed by atoms with E-state index in [9.17, 15) is 9.90 Å². The van der Waals surface area contributed by atoms with E-state index in [1.54, 1.807) is 25.1 Å². The molecule has 0 radical (unpaired) electrons. The van der Waals surface area contributed by atoms with Gasteiger partial charge in [0.1, 0.15) is 17.1 Å². The van der Waals surface area contributed by atoms with Crippen LogP contribution in [0.3, 0.4) is 0 Å². The number of azo groups is 1. The van der Waals surface area contributed by atoms with Crippen LogP contribution in [0.15, 0.2) is 46.8 Å². The highest BCUT2D eigenvalue weighted by Gasteiger charge is 2.21. The van der Waals surface area contributed by atoms with Gasteiger partial charge in [0.2, 0.25) is 0 Å². The lowest BCUT2D eigenvalue weighted by molar-refractivity contribution is -0.136. The Labute approximate surface area is 148 Å². The second-order valence-corrected chi connectivity index (χ2v) is 6.65. The standard InChI is InChI=1S/C19H25N3O3/c1-6-14(20)15(7-2)21-22-16-11-12(8-9-17(23)24)10-13(18(16)25)19(3,4)5/h6-7,10-11,20,25H,1,8-9H2,2-5H3,(H,23,24)/b15-7+,20-14?,22-21?. The van der Waals surface area contributed by atoms with E-state index < -0.39 is 5.97 Å². The Balaban J connectivity index is 3.37. The first-order chi connectivity index (χ1) is 11.6. The third kappa shape index (κ3) is 5.67. The Kier molecular flexibility index (Phi) is 6.79. The van der Waals surface area contributed by atoms with Gasteiger partial charge in [-0.25, -0.2) is 0 Å². The van der Waals surface area contributed by atoms with Crippen molar-refractivity contribution in [2.45, 2.75) is 46.0 Å². The van der Waals surface area contributed by atoms with Crippen LogP contribution in [0, 0.1) is 5.41 Å². The van der Waals surface area contributed by atoms with Gasteiger partial charge in [-0.05, 0) is 36.5 Å². The predicted molar refractivity (Wildman–Crippen MR) is 99.0 cm³/mol. The second-order valence-electron chi connectivity index (χ2n) is 6.65. The molecule has 25 heavy (non-hydrogen) atoms. The number of hydrogen-bond donors (Lipinski definition) is 3. The molecule has 0 aliphatic rings. The molecule has 134 valence electrons. The van der Waals surface area contributed by atoms with Crippen LogP contribution in [0.1, 0.15) is 45.2 Å². The monoisotopic (exact) mass is 343 g/mol. The molecule has 0 atom stereocenters. The summed E-state index contributed by atoms with van der Waals surface area (Å²) >= 11 is 0. The third-order valence-electron chi connectivity index (χ3n) is 3.60. The molecule has 0 saturated heterocycles. The van der Waals surface area contributed by atoms with Crippen LogP contribution in [0.25, 0.3) is 0 Å². The molecule has 1 rings (SSSR count). The summed E-state index contributed by atoms with van der Waals surface area (Å²) in [6.45, 7) is 11.1. The first-order valence-electron chi connectivity index (χ1n) is 7.97. The summed E-state index contributed by atoms with van der Waals surface area (Å²) in [5.74, 6) is -0.875. The van der Waals surface area contributed by atoms with Crippen molar-refractivity contribution in [3.63, 3.8) is 0 Å². The highest BCUT2D eigenvalue weighted by Crippen LogP contribution is 2.39. The van der Waals surface area contributed by atoms with E-state index in [4.69, 9.17) is 10.5 Å². The number of carboxylic acid groups (broad SMARTS) is 1. The Bertz CT molecular complexity index is 741. The van der Waals surface area contributed by atoms with Crippen LogP contribution in [-0.4, -0.2) is 21.9 Å². The number of carboxylic acids is 1. The molecule has 1 aromatic carbocycles. The molecule has 0 spiro atoms. The van der Waals surface area contributed by atoms with Crippen molar-refractivity contribution in [3.05, 3.63) is 47.7 Å². The molecule has 0 aliphatic heterocycles. The summed E-state index contributed by atoms with van der Waals surface area (Å²) in [5.41, 5.74) is 1.81. The van der Waals surface area contributed by atoms with Crippen molar-refractivity contribution in [1.82, 2.24) is 0 Å². The number of hydrogen-bond acceptors (Lipinski definition) is 5. The smallest absolute Gasteiger partial charge is 0.303 e. The molecular formula is C19H25N3O3. The largest absolute Gasteiger partial charge is 0.505 e. The van der Waals surface area contributed by atoms with E-state index in [0.717, 1.165) is 5.56 Å². The highest BCUT2D eigenvalue weighted by atomic mass is 16.4. The van der Waals surface area contributed by atoms with Gasteiger partial charge in [-0.2, -0.15) is 0 Å². The normalized spacial score (nSPS) is 12.4. The van der Waals surface area contributed by atoms with Crippen molar-refractivity contribution in [2.75, 3.05) is 0 Å². The minimum absolute atomic E-state index is 0.00777. The minimum Gasteiger partial charge on any atom is -0.505 e. The van der Waals surface area contributed by atoms with Crippen molar-refractivity contribution in [2.24, 2.45) is 10.2 Å². The van der Waals surface area contributed by atoms with E-state index in [1.807, 2.05) is 20.8 Å². The molecule has 0 aliphatic carbocycles. The zero-order chi connectivity index (χ0) is 19.2. The number of nitrogens with one attached hydrogen (secondary N) is 1. The summed E-state index contributed by atoms with van der Waals surface area (Å²) in [4.78, 5) is 10.8. The van der Waals surface area contributed by atoms with Gasteiger partial charge in [-0.15, -0.1) is 10.2 Å². The molecule has 0 amide bonds. The Morgan fingerprint density at radius 2 is 2.00 bits per heavy atom. The fourth-order valence-corrected chi connectivity index (χ4v) is 2.20. The lowest BCUT2D eigenvalue weighted by Crippen LogP contribution is -2.12. The molecule has 0 saturated carbocycles. The number of carbonyl (C=O) groups is 1. The lowest BCUT2D eigenvalue weighted by atomic mass is 9.84. The molecule has 0 fully saturated rings. The fourth-order valence-electron chi connectivity index (χ4n) is 2.20. The summed E-state index contributed by atoms with van der Waals surface area (Å²) < 4.78 is 0. The molecular weight excluding hydrogens is 318 g/mol. The molecule has 3 N–H and O–H groups in total. The van der Waals surface area contributed by atoms with Crippen LogP contribution >= 0.6 is 0 Å². The number of aliphatic carboxylic acids is 1. The SMILES string of the molecule is C=CC(=N)/C(=C\C)N=Nc1cc(CCC(=O)O)cc(C(C)(C)C)c1O. The second kappa shape index (κ2) is 8.37. The van der Waals surface area contributed by atoms with E-state index in [0.29, 0.717) is 17.7 Å². The maximum Gasteiger partial charge on any atom is 0.303 e. The lowest BCUT2D eigenvalue weighted by Gasteiger charge is -2.22. The van der Waals surface area contributed by atoms with Crippen LogP contribution in [0.4, 0.5) is 5.69 Å². The first-order valence-corrected chi connectivity index (χ1v) is 7.97. The first kappa shape index (κ1) is 20.3. The zero-order valence-electron chi connectivity index (χ0n) is 15.1. The number of benzene rings is 1. The van der Waals surface area contributed by atoms with Crippen molar-refractivity contribution < 1.29 is 15.0 Å². The average molecular weight is 343 g/mol. The fraction of sp³-hybridized carbons (Fsp3) is 0.368. The maximum atomic E-state index is 10.8. The van der Waals surface area contributed by atoms with Crippen LogP contribution < -0.4 is 0 Å². The molecule has 0 bridgehead atoms. The van der Waals surface area contributed by atoms with Crippen molar-refractivity contribution in [1.29, 1.82) is 5.41 Å². The number of allylic oxidation sites excluding steroid dienone is 2. The summed E-state index contributed by atoms with van der Waals surface area (Å²) in [5, 5.41) is 35.3. The van der Waals surface area contributed by atoms with Gasteiger partial charge in [0, 0.05) is 12.0 Å². The quantitative estimate of drug-likeness (QED) is 0.484. The van der Waals surface area contributed by atoms with E-state index in [1.165, 1.54) is 6.08 Å². The van der Waals surface area contributed by atoms with Gasteiger partial charge in [0.15, 0.2) is 0 Å². The summed E-state index contributed by atoms with van der Waals surface area (Å²) in [6.07, 6.45) is 3.31. The number of phenolic OH excluding ortho intramolecular Hbond substituents is 1. The van der Waals surface area contributed by atoms with Gasteiger partial charge in [0.05, 0.1) is 5.71 Å². The van der Waals surface area contributed by atoms with Crippen LogP contribution in [0.5, 0.6) is 5.75 Å². The maximum absolute atomic E-state index is 10.8. The Hall–Kier alpha value is -2.76. The summed E-state index contributed by atoms with van der Waals surface area (Å²) in [6, 6.07) is 3.43. The van der Waals surface area contributed by atoms with E-state index in [2.05, 4.69) is 16.8 Å². The van der Waals surface area contributed by atoms with Gasteiger partial charge >= 0.3 is 5.97 Å². The predicted octanol–water partition coefficient (Wildman–Crippen LogP) is 4.90. The minimum atomic E-state index is -0.885. The number of aromatic hydroxyl groups is 1. The molecule has 0 aromatic heterocycles. The average Bonchev–Trinajstić information content (AvgIpc) is 2.53. The number of nitrogens with zero attached hydrogens (tertiary/aromatic N) is 2. The highest BCUT2D eigenvalue weighted by molar-refractivity contribution is 6.05. The summed E-state index contributed by atoms with van der Waals surface area (Å²) in [7, 11) is 0. The van der Waals surface area contributed by atoms with Crippen molar-refractivity contribution in [3.8, 4) is 5.75 Å². The topological polar surface area (TPSA) is 106 Å². The Morgan fingerprint density at radius 3 is 2.48 bits per heavy atom. The van der Waals surface area contributed by atoms with E-state index >= 15 is 0 Å².